The van der Waals surface area contributed by atoms with Crippen molar-refractivity contribution in [3.8, 4) is 11.4 Å². The van der Waals surface area contributed by atoms with Crippen LogP contribution in [0.4, 0.5) is 0 Å². The van der Waals surface area contributed by atoms with Crippen LogP contribution in [0.2, 0.25) is 5.02 Å². The standard InChI is InChI=1S/C18H23ClN4OS/c19-15-7-5-14(6-8-15)17-20-23(13-21-9-1-2-10-21)18(25)22(17)12-16-4-3-11-24-16/h5-8,16H,1-4,9-13H2/p+1/t16-/m1/s1. The number of ether oxygens (including phenoxy) is 1. The van der Waals surface area contributed by atoms with Crippen LogP contribution in [0.1, 0.15) is 25.7 Å². The van der Waals surface area contributed by atoms with Crippen molar-refractivity contribution in [2.45, 2.75) is 45.0 Å². The third-order valence-electron chi connectivity index (χ3n) is 5.12. The molecule has 0 aliphatic carbocycles. The summed E-state index contributed by atoms with van der Waals surface area (Å²) in [4.78, 5) is 1.56. The van der Waals surface area contributed by atoms with E-state index in [0.717, 1.165) is 53.8 Å². The molecule has 1 N–H and O–H groups in total. The first-order chi connectivity index (χ1) is 12.2. The van der Waals surface area contributed by atoms with Crippen molar-refractivity contribution < 1.29 is 9.64 Å². The van der Waals surface area contributed by atoms with Crippen molar-refractivity contribution in [3.05, 3.63) is 34.1 Å². The van der Waals surface area contributed by atoms with E-state index >= 15 is 0 Å². The molecule has 7 heteroatoms. The SMILES string of the molecule is S=c1n(C[NH+]2CCCC2)nc(-c2ccc(Cl)cc2)n1C[C@H]1CCCO1. The molecule has 1 atom stereocenters. The summed E-state index contributed by atoms with van der Waals surface area (Å²) in [6, 6.07) is 7.83. The van der Waals surface area contributed by atoms with E-state index in [2.05, 4.69) is 4.57 Å². The highest BCUT2D eigenvalue weighted by molar-refractivity contribution is 7.71. The number of quaternary nitrogens is 1. The summed E-state index contributed by atoms with van der Waals surface area (Å²) in [5.74, 6) is 0.913. The predicted molar refractivity (Wildman–Crippen MR) is 100 cm³/mol. The molecule has 5 nitrogen and oxygen atoms in total. The topological polar surface area (TPSA) is 36.4 Å². The zero-order valence-electron chi connectivity index (χ0n) is 14.3. The maximum absolute atomic E-state index is 6.05. The third-order valence-corrected chi connectivity index (χ3v) is 5.80. The zero-order chi connectivity index (χ0) is 17.2. The molecule has 4 rings (SSSR count). The van der Waals surface area contributed by atoms with Gasteiger partial charge in [0.25, 0.3) is 0 Å². The van der Waals surface area contributed by atoms with Crippen molar-refractivity contribution in [1.82, 2.24) is 14.3 Å². The maximum Gasteiger partial charge on any atom is 0.203 e. The molecule has 0 spiro atoms. The van der Waals surface area contributed by atoms with Gasteiger partial charge in [-0.25, -0.2) is 0 Å². The zero-order valence-corrected chi connectivity index (χ0v) is 15.9. The predicted octanol–water partition coefficient (Wildman–Crippen LogP) is 2.55. The Bertz CT molecular complexity index is 773. The van der Waals surface area contributed by atoms with Crippen LogP contribution in [0.15, 0.2) is 24.3 Å². The van der Waals surface area contributed by atoms with Gasteiger partial charge in [-0.05, 0) is 49.3 Å². The van der Waals surface area contributed by atoms with Crippen LogP contribution in [-0.4, -0.2) is 40.1 Å². The number of rotatable bonds is 5. The van der Waals surface area contributed by atoms with Gasteiger partial charge in [-0.1, -0.05) is 11.6 Å². The summed E-state index contributed by atoms with van der Waals surface area (Å²) < 4.78 is 10.8. The van der Waals surface area contributed by atoms with Gasteiger partial charge in [0.15, 0.2) is 12.5 Å². The Balaban J connectivity index is 1.68. The molecule has 25 heavy (non-hydrogen) atoms. The molecule has 3 heterocycles. The molecule has 0 radical (unpaired) electrons. The molecule has 0 saturated carbocycles. The molecule has 2 aliphatic rings. The Morgan fingerprint density at radius 2 is 1.96 bits per heavy atom. The molecule has 2 aliphatic heterocycles. The normalized spacial score (nSPS) is 21.2. The van der Waals surface area contributed by atoms with Gasteiger partial charge in [0.05, 0.1) is 25.7 Å². The van der Waals surface area contributed by atoms with Gasteiger partial charge in [-0.3, -0.25) is 4.57 Å². The van der Waals surface area contributed by atoms with E-state index in [1.54, 1.807) is 4.90 Å². The molecular weight excluding hydrogens is 356 g/mol. The van der Waals surface area contributed by atoms with Gasteiger partial charge in [0.1, 0.15) is 0 Å². The summed E-state index contributed by atoms with van der Waals surface area (Å²) >= 11 is 11.8. The molecule has 0 amide bonds. The minimum atomic E-state index is 0.231. The van der Waals surface area contributed by atoms with E-state index in [-0.39, 0.29) is 6.10 Å². The Hall–Kier alpha value is -1.21. The summed E-state index contributed by atoms with van der Waals surface area (Å²) in [5.41, 5.74) is 1.05. The second-order valence-corrected chi connectivity index (χ2v) is 7.78. The van der Waals surface area contributed by atoms with E-state index in [4.69, 9.17) is 33.7 Å². The van der Waals surface area contributed by atoms with Gasteiger partial charge < -0.3 is 9.64 Å². The van der Waals surface area contributed by atoms with Crippen LogP contribution in [0.5, 0.6) is 0 Å². The fourth-order valence-corrected chi connectivity index (χ4v) is 4.15. The first-order valence-corrected chi connectivity index (χ1v) is 9.88. The lowest BCUT2D eigenvalue weighted by Gasteiger charge is -2.13. The molecule has 0 bridgehead atoms. The van der Waals surface area contributed by atoms with Crippen LogP contribution < -0.4 is 4.90 Å². The van der Waals surface area contributed by atoms with E-state index < -0.39 is 0 Å². The molecule has 2 saturated heterocycles. The molecular formula is C18H24ClN4OS+. The first-order valence-electron chi connectivity index (χ1n) is 9.09. The average molecular weight is 380 g/mol. The highest BCUT2D eigenvalue weighted by Gasteiger charge is 2.23. The number of aromatic nitrogens is 3. The Labute approximate surface area is 158 Å². The summed E-state index contributed by atoms with van der Waals surface area (Å²) in [7, 11) is 0. The van der Waals surface area contributed by atoms with Gasteiger partial charge in [0.2, 0.25) is 4.77 Å². The Kier molecular flexibility index (Phi) is 5.22. The van der Waals surface area contributed by atoms with E-state index in [1.165, 1.54) is 25.9 Å². The van der Waals surface area contributed by atoms with E-state index in [1.807, 2.05) is 28.9 Å². The number of hydrogen-bond donors (Lipinski definition) is 1. The number of benzene rings is 1. The highest BCUT2D eigenvalue weighted by Crippen LogP contribution is 2.23. The monoisotopic (exact) mass is 379 g/mol. The van der Waals surface area contributed by atoms with Crippen molar-refractivity contribution in [2.75, 3.05) is 19.7 Å². The number of nitrogens with zero attached hydrogens (tertiary/aromatic N) is 3. The van der Waals surface area contributed by atoms with Crippen LogP contribution in [0.25, 0.3) is 11.4 Å². The van der Waals surface area contributed by atoms with Crippen LogP contribution >= 0.6 is 23.8 Å². The molecule has 1 aromatic heterocycles. The van der Waals surface area contributed by atoms with Crippen LogP contribution in [0.3, 0.4) is 0 Å². The largest absolute Gasteiger partial charge is 0.376 e. The lowest BCUT2D eigenvalue weighted by atomic mass is 10.2. The van der Waals surface area contributed by atoms with Crippen LogP contribution in [0, 0.1) is 4.77 Å². The lowest BCUT2D eigenvalue weighted by molar-refractivity contribution is -0.911. The summed E-state index contributed by atoms with van der Waals surface area (Å²) in [6.07, 6.45) is 5.03. The highest BCUT2D eigenvalue weighted by atomic mass is 35.5. The summed E-state index contributed by atoms with van der Waals surface area (Å²) in [6.45, 7) is 4.87. The average Bonchev–Trinajstić information content (AvgIpc) is 3.35. The minimum Gasteiger partial charge on any atom is -0.376 e. The number of nitrogens with one attached hydrogen (secondary N) is 1. The Morgan fingerprint density at radius 1 is 1.20 bits per heavy atom. The molecule has 2 aromatic rings. The minimum absolute atomic E-state index is 0.231. The second-order valence-electron chi connectivity index (χ2n) is 6.97. The Morgan fingerprint density at radius 3 is 2.64 bits per heavy atom. The molecule has 1 aromatic carbocycles. The van der Waals surface area contributed by atoms with Crippen molar-refractivity contribution in [3.63, 3.8) is 0 Å². The van der Waals surface area contributed by atoms with Gasteiger partial charge in [0, 0.05) is 30.0 Å². The van der Waals surface area contributed by atoms with Crippen molar-refractivity contribution >= 4 is 23.8 Å². The number of likely N-dealkylation sites (tertiary alicyclic amines) is 1. The number of halogens is 1. The molecule has 0 unspecified atom stereocenters. The fraction of sp³-hybridized carbons (Fsp3) is 0.556. The molecule has 2 fully saturated rings. The quantitative estimate of drug-likeness (QED) is 0.811. The lowest BCUT2D eigenvalue weighted by Crippen LogP contribution is -3.09. The smallest absolute Gasteiger partial charge is 0.203 e. The maximum atomic E-state index is 6.05. The van der Waals surface area contributed by atoms with Crippen LogP contribution in [-0.2, 0) is 18.0 Å². The van der Waals surface area contributed by atoms with Gasteiger partial charge in [-0.2, -0.15) is 4.68 Å². The second kappa shape index (κ2) is 7.58. The number of hydrogen-bond acceptors (Lipinski definition) is 3. The third kappa shape index (κ3) is 3.82. The van der Waals surface area contributed by atoms with Crippen molar-refractivity contribution in [1.29, 1.82) is 0 Å². The first kappa shape index (κ1) is 17.2. The van der Waals surface area contributed by atoms with Gasteiger partial charge in [-0.15, -0.1) is 5.10 Å². The van der Waals surface area contributed by atoms with E-state index in [9.17, 15) is 0 Å². The van der Waals surface area contributed by atoms with Crippen molar-refractivity contribution in [2.24, 2.45) is 0 Å². The summed E-state index contributed by atoms with van der Waals surface area (Å²) in [5, 5.41) is 5.60. The fourth-order valence-electron chi connectivity index (χ4n) is 3.76. The molecule has 134 valence electrons. The van der Waals surface area contributed by atoms with E-state index in [0.29, 0.717) is 0 Å². The van der Waals surface area contributed by atoms with Gasteiger partial charge >= 0.3 is 0 Å².